The average molecular weight is 513 g/mol. The molecule has 4 heterocycles. The van der Waals surface area contributed by atoms with Gasteiger partial charge in [-0.25, -0.2) is 9.59 Å². The number of carbonyl (C=O) groups excluding carboxylic acids is 2. The molecule has 0 aliphatic heterocycles. The minimum absolute atomic E-state index is 0.169. The van der Waals surface area contributed by atoms with E-state index in [1.807, 2.05) is 82.2 Å². The number of rotatable bonds is 10. The van der Waals surface area contributed by atoms with Gasteiger partial charge < -0.3 is 9.47 Å². The Morgan fingerprint density at radius 2 is 1.06 bits per heavy atom. The summed E-state index contributed by atoms with van der Waals surface area (Å²) in [4.78, 5) is 29.1. The lowest BCUT2D eigenvalue weighted by molar-refractivity contribution is -0.138. The third kappa shape index (κ3) is 6.61. The van der Waals surface area contributed by atoms with Gasteiger partial charge in [0.25, 0.3) is 0 Å². The second-order valence-corrected chi connectivity index (χ2v) is 10.6. The fourth-order valence-corrected chi connectivity index (χ4v) is 5.68. The normalized spacial score (nSPS) is 12.0. The van der Waals surface area contributed by atoms with Crippen LogP contribution in [0.5, 0.6) is 0 Å². The van der Waals surface area contributed by atoms with Gasteiger partial charge in [-0.05, 0) is 57.9 Å². The fraction of sp³-hybridized carbons (Fsp3) is 0.120. The van der Waals surface area contributed by atoms with Crippen molar-refractivity contribution in [1.82, 2.24) is 0 Å². The zero-order valence-electron chi connectivity index (χ0n) is 17.5. The van der Waals surface area contributed by atoms with Crippen LogP contribution in [0, 0.1) is 0 Å². The van der Waals surface area contributed by atoms with Crippen LogP contribution in [0.15, 0.2) is 70.1 Å². The molecule has 33 heavy (non-hydrogen) atoms. The van der Waals surface area contributed by atoms with E-state index in [0.29, 0.717) is 17.6 Å². The quantitative estimate of drug-likeness (QED) is 0.128. The van der Waals surface area contributed by atoms with Crippen molar-refractivity contribution in [2.24, 2.45) is 0 Å². The van der Waals surface area contributed by atoms with E-state index < -0.39 is 0 Å². The molecular formula is C25H20O4S4. The molecule has 4 rings (SSSR count). The van der Waals surface area contributed by atoms with Crippen molar-refractivity contribution in [2.45, 2.75) is 6.42 Å². The molecule has 0 saturated carbocycles. The highest BCUT2D eigenvalue weighted by atomic mass is 32.1. The monoisotopic (exact) mass is 512 g/mol. The number of hydrogen-bond donors (Lipinski definition) is 0. The Bertz CT molecular complexity index is 1100. The molecule has 0 aliphatic rings. The summed E-state index contributed by atoms with van der Waals surface area (Å²) in [5.74, 6) is -0.761. The lowest BCUT2D eigenvalue weighted by Gasteiger charge is -2.09. The van der Waals surface area contributed by atoms with Crippen LogP contribution in [-0.2, 0) is 19.1 Å². The Kier molecular flexibility index (Phi) is 8.43. The van der Waals surface area contributed by atoms with Gasteiger partial charge in [0, 0.05) is 25.9 Å². The van der Waals surface area contributed by atoms with Crippen LogP contribution in [-0.4, -0.2) is 25.2 Å². The molecule has 0 atom stereocenters. The van der Waals surface area contributed by atoms with Gasteiger partial charge in [-0.15, -0.1) is 45.3 Å². The smallest absolute Gasteiger partial charge is 0.339 e. The van der Waals surface area contributed by atoms with Crippen LogP contribution in [0.2, 0.25) is 0 Å². The first-order chi connectivity index (χ1) is 16.2. The zero-order valence-corrected chi connectivity index (χ0v) is 20.7. The van der Waals surface area contributed by atoms with Crippen LogP contribution in [0.1, 0.15) is 25.9 Å². The molecule has 0 saturated heterocycles. The van der Waals surface area contributed by atoms with Crippen molar-refractivity contribution in [3.8, 4) is 0 Å². The van der Waals surface area contributed by atoms with Gasteiger partial charge >= 0.3 is 11.9 Å². The van der Waals surface area contributed by atoms with Gasteiger partial charge in [-0.2, -0.15) is 0 Å². The minimum atomic E-state index is -0.381. The molecule has 0 spiro atoms. The summed E-state index contributed by atoms with van der Waals surface area (Å²) < 4.78 is 11.0. The summed E-state index contributed by atoms with van der Waals surface area (Å²) in [6, 6.07) is 15.4. The molecule has 0 radical (unpaired) electrons. The van der Waals surface area contributed by atoms with Crippen molar-refractivity contribution in [1.29, 1.82) is 0 Å². The highest BCUT2D eigenvalue weighted by molar-refractivity contribution is 7.13. The first-order valence-electron chi connectivity index (χ1n) is 10.1. The molecular weight excluding hydrogens is 493 g/mol. The minimum Gasteiger partial charge on any atom is -0.462 e. The van der Waals surface area contributed by atoms with E-state index in [-0.39, 0.29) is 25.2 Å². The van der Waals surface area contributed by atoms with Gasteiger partial charge in [0.05, 0.1) is 24.4 Å². The predicted molar refractivity (Wildman–Crippen MR) is 140 cm³/mol. The summed E-state index contributed by atoms with van der Waals surface area (Å²) in [7, 11) is 0. The van der Waals surface area contributed by atoms with Gasteiger partial charge in [0.15, 0.2) is 0 Å². The third-order valence-corrected chi connectivity index (χ3v) is 7.87. The van der Waals surface area contributed by atoms with Crippen molar-refractivity contribution in [3.05, 3.63) is 89.6 Å². The largest absolute Gasteiger partial charge is 0.462 e. The van der Waals surface area contributed by atoms with Crippen LogP contribution in [0.4, 0.5) is 0 Å². The van der Waals surface area contributed by atoms with Gasteiger partial charge in [-0.3, -0.25) is 0 Å². The highest BCUT2D eigenvalue weighted by Gasteiger charge is 2.17. The zero-order chi connectivity index (χ0) is 22.9. The average Bonchev–Trinajstić information content (AvgIpc) is 3.64. The molecule has 4 aromatic heterocycles. The van der Waals surface area contributed by atoms with E-state index >= 15 is 0 Å². The van der Waals surface area contributed by atoms with Crippen LogP contribution >= 0.6 is 45.3 Å². The summed E-state index contributed by atoms with van der Waals surface area (Å²) in [6.45, 7) is 0.338. The summed E-state index contributed by atoms with van der Waals surface area (Å²) >= 11 is 6.11. The van der Waals surface area contributed by atoms with E-state index in [0.717, 1.165) is 19.5 Å². The maximum Gasteiger partial charge on any atom is 0.339 e. The molecule has 0 aliphatic carbocycles. The topological polar surface area (TPSA) is 52.6 Å². The summed E-state index contributed by atoms with van der Waals surface area (Å²) in [6.07, 6.45) is 4.12. The molecule has 0 fully saturated rings. The number of carbonyl (C=O) groups is 2. The molecule has 0 unspecified atom stereocenters. The predicted octanol–water partition coefficient (Wildman–Crippen LogP) is 7.19. The molecule has 0 aromatic carbocycles. The number of thiophene rings is 4. The number of hydrogen-bond acceptors (Lipinski definition) is 8. The third-order valence-electron chi connectivity index (χ3n) is 4.43. The van der Waals surface area contributed by atoms with Crippen LogP contribution < -0.4 is 0 Å². The Balaban J connectivity index is 1.31. The van der Waals surface area contributed by atoms with E-state index in [1.54, 1.807) is 22.7 Å². The lowest BCUT2D eigenvalue weighted by atomic mass is 10.2. The molecule has 8 heteroatoms. The maximum absolute atomic E-state index is 12.7. The summed E-state index contributed by atoms with van der Waals surface area (Å²) in [5.41, 5.74) is 1.06. The molecule has 4 aromatic rings. The fourth-order valence-electron chi connectivity index (χ4n) is 2.90. The number of ether oxygens (including phenoxy) is 2. The van der Waals surface area contributed by atoms with Crippen molar-refractivity contribution in [2.75, 3.05) is 13.2 Å². The van der Waals surface area contributed by atoms with Gasteiger partial charge in [0.2, 0.25) is 0 Å². The highest BCUT2D eigenvalue weighted by Crippen LogP contribution is 2.27. The van der Waals surface area contributed by atoms with Crippen LogP contribution in [0.25, 0.3) is 23.3 Å². The standard InChI is InChI=1S/C25H20O4S4/c26-24(20(22-8-3-14-32-22)16-18-6-1-12-30-18)28-10-5-11-29-25(27)21(23-9-4-15-33-23)17-19-7-2-13-31-19/h1-4,6-9,12-17H,5,10-11H2/b20-16+,21-17+. The van der Waals surface area contributed by atoms with Crippen LogP contribution in [0.3, 0.4) is 0 Å². The molecule has 168 valence electrons. The molecule has 4 nitrogen and oxygen atoms in total. The van der Waals surface area contributed by atoms with Gasteiger partial charge in [-0.1, -0.05) is 24.3 Å². The second kappa shape index (κ2) is 11.9. The van der Waals surface area contributed by atoms with E-state index in [4.69, 9.17) is 9.47 Å². The Morgan fingerprint density at radius 1 is 0.636 bits per heavy atom. The van der Waals surface area contributed by atoms with Crippen molar-refractivity contribution in [3.63, 3.8) is 0 Å². The Morgan fingerprint density at radius 3 is 1.42 bits per heavy atom. The Hall–Kier alpha value is -2.78. The van der Waals surface area contributed by atoms with E-state index in [2.05, 4.69) is 0 Å². The van der Waals surface area contributed by atoms with Crippen molar-refractivity contribution < 1.29 is 19.1 Å². The Labute approximate surface area is 208 Å². The maximum atomic E-state index is 12.7. The molecule has 0 bridgehead atoms. The first-order valence-corrected chi connectivity index (χ1v) is 13.6. The molecule has 0 N–H and O–H groups in total. The van der Waals surface area contributed by atoms with Crippen molar-refractivity contribution >= 4 is 80.6 Å². The second-order valence-electron chi connectivity index (χ2n) is 6.73. The lowest BCUT2D eigenvalue weighted by Crippen LogP contribution is -2.12. The van der Waals surface area contributed by atoms with E-state index in [1.165, 1.54) is 22.7 Å². The summed E-state index contributed by atoms with van der Waals surface area (Å²) in [5, 5.41) is 7.79. The SMILES string of the molecule is O=C(OCCCOC(=O)/C(=C/c1cccs1)c1cccs1)/C(=C/c1cccs1)c1cccs1. The van der Waals surface area contributed by atoms with E-state index in [9.17, 15) is 9.59 Å². The van der Waals surface area contributed by atoms with Gasteiger partial charge in [0.1, 0.15) is 0 Å². The number of esters is 2. The first kappa shape index (κ1) is 23.4. The molecule has 0 amide bonds.